The minimum absolute atomic E-state index is 0.146. The van der Waals surface area contributed by atoms with Gasteiger partial charge in [0.2, 0.25) is 0 Å². The molecule has 1 aliphatic rings. The molecule has 0 fully saturated rings. The first-order chi connectivity index (χ1) is 14.1. The normalized spacial score (nSPS) is 12.9. The molecule has 0 unspecified atom stereocenters. The molecule has 2 amide bonds. The molecule has 2 N–H and O–H groups in total. The van der Waals surface area contributed by atoms with Gasteiger partial charge in [-0.3, -0.25) is 14.6 Å². The van der Waals surface area contributed by atoms with Crippen molar-refractivity contribution in [2.75, 3.05) is 5.32 Å². The Hall–Kier alpha value is -2.99. The number of amides is 2. The molecule has 2 heterocycles. The van der Waals surface area contributed by atoms with Gasteiger partial charge in [0.15, 0.2) is 0 Å². The van der Waals surface area contributed by atoms with Crippen molar-refractivity contribution in [3.8, 4) is 0 Å². The first kappa shape index (κ1) is 19.3. The summed E-state index contributed by atoms with van der Waals surface area (Å²) in [6, 6.07) is 11.2. The number of rotatable bonds is 5. The third-order valence-corrected chi connectivity index (χ3v) is 6.29. The quantitative estimate of drug-likeness (QED) is 0.656. The molecule has 6 heteroatoms. The summed E-state index contributed by atoms with van der Waals surface area (Å²) in [4.78, 5) is 31.2. The van der Waals surface area contributed by atoms with Crippen molar-refractivity contribution in [3.05, 3.63) is 81.5 Å². The van der Waals surface area contributed by atoms with Crippen LogP contribution in [0.25, 0.3) is 0 Å². The van der Waals surface area contributed by atoms with Crippen molar-refractivity contribution in [3.63, 3.8) is 0 Å². The molecule has 4 rings (SSSR count). The summed E-state index contributed by atoms with van der Waals surface area (Å²) in [6.07, 6.45) is 7.47. The van der Waals surface area contributed by atoms with Gasteiger partial charge in [0.1, 0.15) is 5.00 Å². The van der Waals surface area contributed by atoms with Gasteiger partial charge in [-0.05, 0) is 61.9 Å². The summed E-state index contributed by atoms with van der Waals surface area (Å²) < 4.78 is 0. The number of hydrogen-bond acceptors (Lipinski definition) is 4. The van der Waals surface area contributed by atoms with Crippen LogP contribution in [0.2, 0.25) is 0 Å². The van der Waals surface area contributed by atoms with E-state index < -0.39 is 0 Å². The molecule has 0 spiro atoms. The number of nitrogens with one attached hydrogen (secondary N) is 2. The maximum absolute atomic E-state index is 13.1. The van der Waals surface area contributed by atoms with Gasteiger partial charge in [-0.25, -0.2) is 0 Å². The minimum Gasteiger partial charge on any atom is -0.348 e. The van der Waals surface area contributed by atoms with Crippen LogP contribution in [-0.4, -0.2) is 16.8 Å². The van der Waals surface area contributed by atoms with Gasteiger partial charge < -0.3 is 10.6 Å². The van der Waals surface area contributed by atoms with Crippen molar-refractivity contribution in [2.45, 2.75) is 39.2 Å². The van der Waals surface area contributed by atoms with E-state index in [4.69, 9.17) is 0 Å². The minimum atomic E-state index is -0.186. The van der Waals surface area contributed by atoms with E-state index in [0.717, 1.165) is 42.4 Å². The van der Waals surface area contributed by atoms with Crippen molar-refractivity contribution >= 4 is 28.2 Å². The van der Waals surface area contributed by atoms with E-state index in [1.165, 1.54) is 16.2 Å². The van der Waals surface area contributed by atoms with Crippen LogP contribution in [0, 0.1) is 6.92 Å². The molecule has 0 radical (unpaired) electrons. The lowest BCUT2D eigenvalue weighted by atomic mass is 9.95. The molecule has 0 saturated carbocycles. The van der Waals surface area contributed by atoms with Gasteiger partial charge in [0.05, 0.1) is 5.56 Å². The van der Waals surface area contributed by atoms with Crippen molar-refractivity contribution in [1.29, 1.82) is 0 Å². The van der Waals surface area contributed by atoms with Gasteiger partial charge in [-0.1, -0.05) is 23.8 Å². The highest BCUT2D eigenvalue weighted by Gasteiger charge is 2.26. The van der Waals surface area contributed by atoms with Gasteiger partial charge >= 0.3 is 0 Å². The molecular weight excluding hydrogens is 382 g/mol. The number of carbonyl (C=O) groups is 2. The molecule has 0 aliphatic heterocycles. The zero-order chi connectivity index (χ0) is 20.2. The lowest BCUT2D eigenvalue weighted by Gasteiger charge is -2.13. The Morgan fingerprint density at radius 1 is 1.10 bits per heavy atom. The molecule has 1 aromatic carbocycles. The maximum atomic E-state index is 13.1. The Morgan fingerprint density at radius 3 is 2.76 bits per heavy atom. The van der Waals surface area contributed by atoms with Gasteiger partial charge in [0, 0.05) is 29.4 Å². The van der Waals surface area contributed by atoms with Crippen molar-refractivity contribution < 1.29 is 9.59 Å². The topological polar surface area (TPSA) is 71.1 Å². The Kier molecular flexibility index (Phi) is 5.71. The molecule has 0 saturated heterocycles. The van der Waals surface area contributed by atoms with Gasteiger partial charge in [0.25, 0.3) is 11.8 Å². The van der Waals surface area contributed by atoms with Gasteiger partial charge in [-0.15, -0.1) is 11.3 Å². The van der Waals surface area contributed by atoms with Crippen molar-refractivity contribution in [2.24, 2.45) is 0 Å². The summed E-state index contributed by atoms with van der Waals surface area (Å²) in [5.74, 6) is -0.332. The number of benzene rings is 1. The Morgan fingerprint density at radius 2 is 1.97 bits per heavy atom. The van der Waals surface area contributed by atoms with E-state index in [1.54, 1.807) is 18.5 Å². The smallest absolute Gasteiger partial charge is 0.256 e. The first-order valence-corrected chi connectivity index (χ1v) is 10.6. The molecule has 5 nitrogen and oxygen atoms in total. The fourth-order valence-electron chi connectivity index (χ4n) is 3.63. The third kappa shape index (κ3) is 4.38. The number of thiophene rings is 1. The maximum Gasteiger partial charge on any atom is 0.256 e. The van der Waals surface area contributed by atoms with E-state index in [2.05, 4.69) is 15.6 Å². The summed E-state index contributed by atoms with van der Waals surface area (Å²) in [5.41, 5.74) is 4.27. The second-order valence-electron chi connectivity index (χ2n) is 7.28. The standard InChI is InChI=1S/C23H23N3O2S/c1-15-6-4-8-17(12-15)21(27)26-23-20(18-9-2-3-10-19(18)29-23)22(28)25-14-16-7-5-11-24-13-16/h4-8,11-13H,2-3,9-10,14H2,1H3,(H,25,28)(H,26,27). The molecule has 1 aliphatic carbocycles. The number of pyridine rings is 1. The Bertz CT molecular complexity index is 1040. The summed E-state index contributed by atoms with van der Waals surface area (Å²) in [7, 11) is 0. The van der Waals surface area contributed by atoms with Crippen LogP contribution in [0.1, 0.15) is 55.1 Å². The highest BCUT2D eigenvalue weighted by molar-refractivity contribution is 7.17. The molecule has 3 aromatic rings. The highest BCUT2D eigenvalue weighted by atomic mass is 32.1. The van der Waals surface area contributed by atoms with E-state index >= 15 is 0 Å². The summed E-state index contributed by atoms with van der Waals surface area (Å²) in [5, 5.41) is 6.63. The largest absolute Gasteiger partial charge is 0.348 e. The number of aryl methyl sites for hydroxylation is 2. The SMILES string of the molecule is Cc1cccc(C(=O)Nc2sc3c(c2C(=O)NCc2cccnc2)CCCC3)c1. The fraction of sp³-hybridized carbons (Fsp3) is 0.261. The number of carbonyl (C=O) groups excluding carboxylic acids is 2. The van der Waals surface area contributed by atoms with E-state index in [9.17, 15) is 9.59 Å². The Balaban J connectivity index is 1.59. The zero-order valence-corrected chi connectivity index (χ0v) is 17.1. The van der Waals surface area contributed by atoms with E-state index in [1.807, 2.05) is 37.3 Å². The Labute approximate surface area is 174 Å². The number of aromatic nitrogens is 1. The second kappa shape index (κ2) is 8.57. The fourth-order valence-corrected chi connectivity index (χ4v) is 4.91. The molecule has 0 atom stereocenters. The van der Waals surface area contributed by atoms with E-state index in [-0.39, 0.29) is 11.8 Å². The molecule has 148 valence electrons. The van der Waals surface area contributed by atoms with E-state index in [0.29, 0.717) is 22.7 Å². The average Bonchev–Trinajstić information content (AvgIpc) is 3.10. The van der Waals surface area contributed by atoms with Crippen LogP contribution in [-0.2, 0) is 19.4 Å². The van der Waals surface area contributed by atoms with Crippen LogP contribution < -0.4 is 10.6 Å². The lowest BCUT2D eigenvalue weighted by molar-refractivity contribution is 0.0951. The summed E-state index contributed by atoms with van der Waals surface area (Å²) in [6.45, 7) is 2.36. The summed E-state index contributed by atoms with van der Waals surface area (Å²) >= 11 is 1.53. The predicted octanol–water partition coefficient (Wildman–Crippen LogP) is 4.51. The van der Waals surface area contributed by atoms with Crippen LogP contribution in [0.4, 0.5) is 5.00 Å². The van der Waals surface area contributed by atoms with Crippen LogP contribution in [0.15, 0.2) is 48.8 Å². The molecule has 2 aromatic heterocycles. The number of hydrogen-bond donors (Lipinski definition) is 2. The lowest BCUT2D eigenvalue weighted by Crippen LogP contribution is -2.25. The zero-order valence-electron chi connectivity index (χ0n) is 16.3. The average molecular weight is 406 g/mol. The first-order valence-electron chi connectivity index (χ1n) is 9.81. The van der Waals surface area contributed by atoms with Crippen LogP contribution in [0.3, 0.4) is 0 Å². The molecule has 29 heavy (non-hydrogen) atoms. The number of anilines is 1. The van der Waals surface area contributed by atoms with Crippen LogP contribution in [0.5, 0.6) is 0 Å². The molecule has 0 bridgehead atoms. The van der Waals surface area contributed by atoms with Gasteiger partial charge in [-0.2, -0.15) is 0 Å². The number of nitrogens with zero attached hydrogens (tertiary/aromatic N) is 1. The monoisotopic (exact) mass is 405 g/mol. The van der Waals surface area contributed by atoms with Crippen molar-refractivity contribution in [1.82, 2.24) is 10.3 Å². The third-order valence-electron chi connectivity index (χ3n) is 5.08. The highest BCUT2D eigenvalue weighted by Crippen LogP contribution is 2.38. The predicted molar refractivity (Wildman–Crippen MR) is 116 cm³/mol. The second-order valence-corrected chi connectivity index (χ2v) is 8.39. The molecular formula is C23H23N3O2S. The van der Waals surface area contributed by atoms with Crippen LogP contribution >= 0.6 is 11.3 Å². The number of fused-ring (bicyclic) bond motifs is 1.